The molecule has 3 N–H and O–H groups in total. The first kappa shape index (κ1) is 24.3. The number of aromatic amines is 1. The first-order valence-corrected chi connectivity index (χ1v) is 9.69. The van der Waals surface area contributed by atoms with Crippen LogP contribution in [0.3, 0.4) is 0 Å². The summed E-state index contributed by atoms with van der Waals surface area (Å²) in [5.74, 6) is 1.71. The van der Waals surface area contributed by atoms with Crippen molar-refractivity contribution in [3.63, 3.8) is 0 Å². The summed E-state index contributed by atoms with van der Waals surface area (Å²) in [6.07, 6.45) is 7.27. The molecule has 1 unspecified atom stereocenters. The molecule has 0 spiro atoms. The normalized spacial score (nSPS) is 15.3. The molecule has 1 saturated heterocycles. The van der Waals surface area contributed by atoms with Crippen LogP contribution in [0.15, 0.2) is 53.7 Å². The fourth-order valence-electron chi connectivity index (χ4n) is 3.01. The molecule has 155 valence electrons. The summed E-state index contributed by atoms with van der Waals surface area (Å²) in [5, 5.41) is 15.3. The van der Waals surface area contributed by atoms with Gasteiger partial charge in [0.2, 0.25) is 5.56 Å². The van der Waals surface area contributed by atoms with Crippen LogP contribution in [0, 0.1) is 0 Å². The van der Waals surface area contributed by atoms with Gasteiger partial charge in [-0.05, 0) is 31.5 Å². The van der Waals surface area contributed by atoms with Gasteiger partial charge >= 0.3 is 0 Å². The third kappa shape index (κ3) is 7.06. The number of nitrogens with one attached hydrogen (secondary N) is 2. The molecule has 1 radical (unpaired) electrons. The monoisotopic (exact) mass is 482 g/mol. The van der Waals surface area contributed by atoms with Crippen molar-refractivity contribution in [2.45, 2.75) is 25.7 Å². The van der Waals surface area contributed by atoms with Crippen molar-refractivity contribution in [1.82, 2.24) is 19.9 Å². The van der Waals surface area contributed by atoms with E-state index in [9.17, 15) is 4.79 Å². The Labute approximate surface area is 200 Å². The second-order valence-corrected chi connectivity index (χ2v) is 6.59. The van der Waals surface area contributed by atoms with Crippen LogP contribution in [-0.2, 0) is 32.7 Å². The molecule has 0 bridgehead atoms. The van der Waals surface area contributed by atoms with Crippen molar-refractivity contribution < 1.29 is 37.8 Å². The van der Waals surface area contributed by atoms with Crippen LogP contribution in [0.1, 0.15) is 31.5 Å². The Kier molecular flexibility index (Phi) is 10.2. The Hall–Kier alpha value is -2.00. The standard InChI is InChI=1S/C19H19N6O.C2H6O.Y/c26-18-6-5-15(12-22-18)23-17-9-16(13-3-1-7-20-10-13)24-19(25-17)14-4-2-8-21-11-14;1-2-3;/h1,3,5-7,9-10,12,14H,2,4,8,11H2,(H,22,26)(H,23,24,25);3H,2H2,1H3;/q-1;;. The van der Waals surface area contributed by atoms with E-state index in [1.165, 1.54) is 6.07 Å². The Morgan fingerprint density at radius 1 is 1.30 bits per heavy atom. The van der Waals surface area contributed by atoms with Gasteiger partial charge in [-0.15, -0.1) is 13.1 Å². The minimum absolute atomic E-state index is 0. The van der Waals surface area contributed by atoms with E-state index in [4.69, 9.17) is 15.1 Å². The molecule has 4 rings (SSSR count). The number of H-pyrrole nitrogens is 1. The number of rotatable bonds is 4. The predicted octanol–water partition coefficient (Wildman–Crippen LogP) is 3.22. The van der Waals surface area contributed by atoms with Crippen LogP contribution in [0.5, 0.6) is 0 Å². The first-order valence-electron chi connectivity index (χ1n) is 9.69. The zero-order chi connectivity index (χ0) is 20.5. The molecule has 4 heterocycles. The molecule has 1 atom stereocenters. The number of hydrogen-bond donors (Lipinski definition) is 3. The van der Waals surface area contributed by atoms with Crippen molar-refractivity contribution in [1.29, 1.82) is 0 Å². The maximum absolute atomic E-state index is 11.2. The summed E-state index contributed by atoms with van der Waals surface area (Å²) < 4.78 is 0. The average molecular weight is 482 g/mol. The number of aliphatic hydroxyl groups excluding tert-OH is 1. The summed E-state index contributed by atoms with van der Waals surface area (Å²) in [7, 11) is 0. The number of aliphatic hydroxyl groups is 1. The molecule has 9 heteroatoms. The van der Waals surface area contributed by atoms with Crippen molar-refractivity contribution in [3.8, 4) is 11.3 Å². The van der Waals surface area contributed by atoms with E-state index >= 15 is 0 Å². The predicted molar refractivity (Wildman–Crippen MR) is 113 cm³/mol. The third-order valence-electron chi connectivity index (χ3n) is 4.34. The van der Waals surface area contributed by atoms with Gasteiger partial charge in [0.15, 0.2) is 0 Å². The van der Waals surface area contributed by atoms with Crippen LogP contribution in [-0.4, -0.2) is 44.7 Å². The van der Waals surface area contributed by atoms with Gasteiger partial charge < -0.3 is 20.7 Å². The summed E-state index contributed by atoms with van der Waals surface area (Å²) >= 11 is 0. The van der Waals surface area contributed by atoms with E-state index in [-0.39, 0.29) is 50.8 Å². The zero-order valence-electron chi connectivity index (χ0n) is 17.0. The summed E-state index contributed by atoms with van der Waals surface area (Å²) in [5.41, 5.74) is 2.38. The molecule has 3 aromatic rings. The molecular formula is C21H25N6O2Y-. The van der Waals surface area contributed by atoms with E-state index in [1.807, 2.05) is 18.2 Å². The van der Waals surface area contributed by atoms with Crippen molar-refractivity contribution in [3.05, 3.63) is 70.4 Å². The fraction of sp³-hybridized carbons (Fsp3) is 0.333. The molecule has 30 heavy (non-hydrogen) atoms. The molecule has 1 aliphatic heterocycles. The zero-order valence-corrected chi connectivity index (χ0v) is 19.8. The molecule has 8 nitrogen and oxygen atoms in total. The van der Waals surface area contributed by atoms with Gasteiger partial charge in [0.05, 0.1) is 11.4 Å². The van der Waals surface area contributed by atoms with Crippen LogP contribution in [0.2, 0.25) is 0 Å². The molecular weight excluding hydrogens is 457 g/mol. The van der Waals surface area contributed by atoms with Crippen molar-refractivity contribution in [2.75, 3.05) is 25.0 Å². The Bertz CT molecular complexity index is 941. The molecule has 1 aliphatic rings. The topological polar surface area (TPSA) is 118 Å². The smallest absolute Gasteiger partial charge is 0.248 e. The fourth-order valence-corrected chi connectivity index (χ4v) is 3.01. The molecule has 3 aromatic heterocycles. The van der Waals surface area contributed by atoms with E-state index < -0.39 is 0 Å². The van der Waals surface area contributed by atoms with Crippen LogP contribution in [0.4, 0.5) is 11.5 Å². The number of anilines is 2. The van der Waals surface area contributed by atoms with Crippen molar-refractivity contribution >= 4 is 11.5 Å². The van der Waals surface area contributed by atoms with E-state index in [1.54, 1.807) is 31.6 Å². The van der Waals surface area contributed by atoms with Gasteiger partial charge in [-0.3, -0.25) is 9.78 Å². The number of hydrogen-bond acceptors (Lipinski definition) is 6. The Balaban J connectivity index is 0.000000757. The summed E-state index contributed by atoms with van der Waals surface area (Å²) in [6.45, 7) is 3.61. The molecule has 0 amide bonds. The molecule has 0 saturated carbocycles. The molecule has 0 aliphatic carbocycles. The number of pyridine rings is 2. The SMILES string of the molecule is CCO.O=c1ccc(Nc2cc(-c3cccnc3)nc(C3CCC[N-]C3)n2)c[nH]1.[Y]. The van der Waals surface area contributed by atoms with E-state index in [2.05, 4.69) is 20.6 Å². The van der Waals surface area contributed by atoms with E-state index in [0.29, 0.717) is 5.82 Å². The maximum atomic E-state index is 11.2. The Morgan fingerprint density at radius 3 is 2.77 bits per heavy atom. The van der Waals surface area contributed by atoms with Crippen molar-refractivity contribution in [2.24, 2.45) is 0 Å². The maximum Gasteiger partial charge on any atom is 0.248 e. The number of aromatic nitrogens is 4. The van der Waals surface area contributed by atoms with Gasteiger partial charge in [0, 0.05) is 81.5 Å². The Morgan fingerprint density at radius 2 is 2.13 bits per heavy atom. The molecule has 1 fully saturated rings. The largest absolute Gasteiger partial charge is 0.662 e. The molecule has 0 aromatic carbocycles. The van der Waals surface area contributed by atoms with E-state index in [0.717, 1.165) is 48.7 Å². The van der Waals surface area contributed by atoms with Gasteiger partial charge in [-0.2, -0.15) is 0 Å². The third-order valence-corrected chi connectivity index (χ3v) is 4.34. The minimum Gasteiger partial charge on any atom is -0.662 e. The minimum atomic E-state index is -0.140. The average Bonchev–Trinajstić information content (AvgIpc) is 2.77. The van der Waals surface area contributed by atoms with Crippen LogP contribution in [0.25, 0.3) is 16.6 Å². The van der Waals surface area contributed by atoms with Gasteiger partial charge in [-0.25, -0.2) is 9.97 Å². The quantitative estimate of drug-likeness (QED) is 0.526. The van der Waals surface area contributed by atoms with Gasteiger partial charge in [0.1, 0.15) is 11.6 Å². The second-order valence-electron chi connectivity index (χ2n) is 6.59. The first-order chi connectivity index (χ1) is 14.2. The van der Waals surface area contributed by atoms with Crippen LogP contribution >= 0.6 is 0 Å². The van der Waals surface area contributed by atoms with Gasteiger partial charge in [-0.1, -0.05) is 6.42 Å². The summed E-state index contributed by atoms with van der Waals surface area (Å²) in [4.78, 5) is 27.6. The summed E-state index contributed by atoms with van der Waals surface area (Å²) in [6, 6.07) is 8.97. The number of nitrogens with zero attached hydrogens (tertiary/aromatic N) is 4. The van der Waals surface area contributed by atoms with Gasteiger partial charge in [0.25, 0.3) is 0 Å². The second kappa shape index (κ2) is 12.6. The number of piperidine rings is 1. The van der Waals surface area contributed by atoms with Crippen LogP contribution < -0.4 is 10.9 Å².